The Labute approximate surface area is 638 Å². The summed E-state index contributed by atoms with van der Waals surface area (Å²) in [5, 5.41) is 8.97. The van der Waals surface area contributed by atoms with Crippen molar-refractivity contribution < 1.29 is 80.2 Å². The molecule has 108 heavy (non-hydrogen) atoms. The maximum absolute atomic E-state index is 15.8. The van der Waals surface area contributed by atoms with E-state index in [2.05, 4.69) is 22.9 Å². The second kappa shape index (κ2) is 37.4. The fraction of sp³-hybridized carbons (Fsp3) is 0.823. The number of rotatable bonds is 14. The smallest absolute Gasteiger partial charge is 0.381 e. The van der Waals surface area contributed by atoms with Crippen molar-refractivity contribution in [2.75, 3.05) is 95.3 Å². The van der Waals surface area contributed by atoms with Crippen LogP contribution in [0.5, 0.6) is 0 Å². The largest absolute Gasteiger partial charge is 0.394 e. The van der Waals surface area contributed by atoms with Crippen LogP contribution in [-0.2, 0) is 67.0 Å². The van der Waals surface area contributed by atoms with Crippen molar-refractivity contribution in [3.63, 3.8) is 0 Å². The van der Waals surface area contributed by atoms with Crippen LogP contribution in [0.15, 0.2) is 12.2 Å². The quantitative estimate of drug-likeness (QED) is 0.161. The van der Waals surface area contributed by atoms with E-state index in [4.69, 9.17) is 9.47 Å². The molecular weight excluding hydrogens is 1400 g/mol. The van der Waals surface area contributed by atoms with E-state index >= 15 is 47.9 Å². The lowest BCUT2D eigenvalue weighted by molar-refractivity contribution is -0.215. The summed E-state index contributed by atoms with van der Waals surface area (Å²) in [7, 11) is 10.0. The van der Waals surface area contributed by atoms with E-state index in [0.29, 0.717) is 38.0 Å². The average Bonchev–Trinajstić information content (AvgIpc) is 0.878. The number of likely N-dealkylation sites (N-methyl/N-ethyl adjacent to an activating group) is 6. The molecule has 0 radical (unpaired) electrons. The molecule has 608 valence electrons. The van der Waals surface area contributed by atoms with Crippen molar-refractivity contribution in [1.29, 1.82) is 0 Å². The van der Waals surface area contributed by atoms with Gasteiger partial charge in [0.2, 0.25) is 70.9 Å². The summed E-state index contributed by atoms with van der Waals surface area (Å²) in [5.41, 5.74) is -2.12. The SMILES string of the molecule is CCOC[C@H]1C(=O)N[C@@H]([C@@H](C)CC)C(=O)N2CCC[C@H]2C(=O)N(C)[C@H]2C/C=C\CCN(C2=O)[C@@H](CC2CCC(C)CC2)C(=O)N(C)CC(=O)N[C@@H](CCC2CCC(C(F)(F)F)C(OC)C2)C(=O)N2C[C@@H](C)C[C@H]2C(=O)NC2(CC(C)(C)C2)C(=O)N(C)[C@@H](C2CCCC2)C(=O)N(C)[C@H](C(=O)N(C)CC)CC(=O)N1C. The number of halogens is 3. The summed E-state index contributed by atoms with van der Waals surface area (Å²) in [6, 6.07) is -11.2. The second-order valence-corrected chi connectivity index (χ2v) is 34.0. The van der Waals surface area contributed by atoms with Gasteiger partial charge in [0, 0.05) is 82.2 Å². The van der Waals surface area contributed by atoms with Crippen LogP contribution in [0, 0.1) is 46.8 Å². The summed E-state index contributed by atoms with van der Waals surface area (Å²) in [6.07, 6.45) is 5.44. The van der Waals surface area contributed by atoms with Gasteiger partial charge in [-0.1, -0.05) is 98.6 Å². The molecule has 4 saturated carbocycles. The van der Waals surface area contributed by atoms with E-state index in [0.717, 1.165) is 43.4 Å². The molecule has 7 fully saturated rings. The number of nitrogens with one attached hydrogen (secondary N) is 3. The number of hydrogen-bond acceptors (Lipinski definition) is 14. The number of fused-ring (bicyclic) bond motifs is 4. The van der Waals surface area contributed by atoms with Gasteiger partial charge in [-0.3, -0.25) is 57.5 Å². The zero-order chi connectivity index (χ0) is 79.6. The van der Waals surface area contributed by atoms with Crippen LogP contribution in [0.3, 0.4) is 0 Å². The standard InChI is InChI=1S/C79H127F3N12O14/c1-16-50(6)65-74(104)92-38-24-28-57(92)72(102)89(12)56-27-20-19-23-37-93(73(56)103)60(40-51-31-29-48(4)30-32-51)71(101)87(10)44-63(95)83-55(36-34-52-33-35-54(79(80,81)82)62(41-52)107-15)69(99)94-43-49(5)39-58(94)68(98)85-78(46-77(7,8)47-78)76(106)91(14)66(53-25-21-22-26-53)75(105)90(13)59(70(100)86(9)17-2)42-64(96)88(11)61(45-108-18-3)67(97)84-65/h19-20,48-62,65-66H,16-18,21-47H2,1-15H3,(H,83,95)(H,84,97)(H,85,98)/b20-19-/t48?,49-,50-,51?,52?,54?,55-,56-,57-,58-,59-,60-,61-,62?,65-,66-/m0/s1. The molecule has 8 rings (SSSR count). The first kappa shape index (κ1) is 86.7. The molecule has 0 aromatic heterocycles. The first-order valence-corrected chi connectivity index (χ1v) is 40.1. The van der Waals surface area contributed by atoms with Crippen LogP contribution in [0.4, 0.5) is 13.2 Å². The summed E-state index contributed by atoms with van der Waals surface area (Å²) >= 11 is 0. The van der Waals surface area contributed by atoms with Crippen LogP contribution in [0.2, 0.25) is 0 Å². The molecule has 26 nitrogen and oxygen atoms in total. The van der Waals surface area contributed by atoms with Crippen molar-refractivity contribution in [2.45, 2.75) is 275 Å². The fourth-order valence-electron chi connectivity index (χ4n) is 18.8. The van der Waals surface area contributed by atoms with Crippen LogP contribution in [-0.4, -0.2) is 283 Å². The number of alkyl halides is 3. The van der Waals surface area contributed by atoms with Crippen molar-refractivity contribution in [2.24, 2.45) is 46.8 Å². The van der Waals surface area contributed by atoms with Gasteiger partial charge in [-0.2, -0.15) is 13.2 Å². The van der Waals surface area contributed by atoms with Gasteiger partial charge in [0.1, 0.15) is 59.9 Å². The lowest BCUT2D eigenvalue weighted by Crippen LogP contribution is -2.71. The molecule has 4 heterocycles. The maximum atomic E-state index is 15.8. The topological polar surface area (TPSA) is 289 Å². The van der Waals surface area contributed by atoms with Gasteiger partial charge in [0.05, 0.1) is 31.6 Å². The Bertz CT molecular complexity index is 3240. The molecule has 0 aromatic rings. The van der Waals surface area contributed by atoms with Gasteiger partial charge in [0.25, 0.3) is 0 Å². The van der Waals surface area contributed by atoms with Gasteiger partial charge in [-0.05, 0) is 151 Å². The van der Waals surface area contributed by atoms with E-state index in [1.807, 2.05) is 39.8 Å². The molecule has 3 saturated heterocycles. The van der Waals surface area contributed by atoms with E-state index in [9.17, 15) is 22.8 Å². The number of hydrogen-bond donors (Lipinski definition) is 3. The predicted octanol–water partition coefficient (Wildman–Crippen LogP) is 6.32. The predicted molar refractivity (Wildman–Crippen MR) is 398 cm³/mol. The summed E-state index contributed by atoms with van der Waals surface area (Å²) in [5.74, 6) is -10.4. The molecule has 3 unspecified atom stereocenters. The Morgan fingerprint density at radius 3 is 1.95 bits per heavy atom. The summed E-state index contributed by atoms with van der Waals surface area (Å²) in [6.45, 7) is 14.6. The highest BCUT2D eigenvalue weighted by Crippen LogP contribution is 2.50. The Morgan fingerprint density at radius 1 is 0.667 bits per heavy atom. The lowest BCUT2D eigenvalue weighted by Gasteiger charge is -2.54. The molecule has 8 aliphatic rings. The number of methoxy groups -OCH3 is 1. The molecule has 4 aliphatic heterocycles. The third-order valence-corrected chi connectivity index (χ3v) is 25.5. The van der Waals surface area contributed by atoms with Crippen molar-refractivity contribution in [1.82, 2.24) is 60.0 Å². The van der Waals surface area contributed by atoms with Gasteiger partial charge in [-0.25, -0.2) is 0 Å². The molecule has 1 spiro atoms. The van der Waals surface area contributed by atoms with Crippen molar-refractivity contribution >= 4 is 70.9 Å². The number of ether oxygens (including phenoxy) is 2. The number of amides is 12. The van der Waals surface area contributed by atoms with Gasteiger partial charge >= 0.3 is 6.18 Å². The van der Waals surface area contributed by atoms with E-state index in [-0.39, 0.29) is 128 Å². The molecule has 14 atom stereocenters. The minimum Gasteiger partial charge on any atom is -0.381 e. The van der Waals surface area contributed by atoms with Crippen molar-refractivity contribution in [3.05, 3.63) is 12.2 Å². The van der Waals surface area contributed by atoms with Gasteiger partial charge in [0.15, 0.2) is 0 Å². The number of carbonyl (C=O) groups is 12. The highest BCUT2D eigenvalue weighted by molar-refractivity contribution is 6.01. The van der Waals surface area contributed by atoms with Crippen molar-refractivity contribution in [3.8, 4) is 0 Å². The first-order valence-electron chi connectivity index (χ1n) is 40.1. The van der Waals surface area contributed by atoms with E-state index < -0.39 is 179 Å². The van der Waals surface area contributed by atoms with E-state index in [1.165, 1.54) is 88.6 Å². The highest BCUT2D eigenvalue weighted by Gasteiger charge is 2.60. The fourth-order valence-corrected chi connectivity index (χ4v) is 18.8. The van der Waals surface area contributed by atoms with Crippen LogP contribution < -0.4 is 16.0 Å². The van der Waals surface area contributed by atoms with Gasteiger partial charge in [-0.15, -0.1) is 0 Å². The van der Waals surface area contributed by atoms with E-state index in [1.54, 1.807) is 20.8 Å². The third kappa shape index (κ3) is 20.2. The zero-order valence-corrected chi connectivity index (χ0v) is 67.1. The highest BCUT2D eigenvalue weighted by atomic mass is 19.4. The zero-order valence-electron chi connectivity index (χ0n) is 67.1. The molecule has 2 bridgehead atoms. The second-order valence-electron chi connectivity index (χ2n) is 34.0. The summed E-state index contributed by atoms with van der Waals surface area (Å²) < 4.78 is 54.3. The molecule has 29 heteroatoms. The van der Waals surface area contributed by atoms with Gasteiger partial charge < -0.3 is 69.5 Å². The third-order valence-electron chi connectivity index (χ3n) is 25.5. The number of carbonyl (C=O) groups excluding carboxylic acids is 12. The number of nitrogens with zero attached hydrogens (tertiary/aromatic N) is 9. The Balaban J connectivity index is 1.21. The maximum Gasteiger partial charge on any atom is 0.394 e. The van der Waals surface area contributed by atoms with Crippen LogP contribution in [0.1, 0.15) is 203 Å². The minimum atomic E-state index is -4.51. The summed E-state index contributed by atoms with van der Waals surface area (Å²) in [4.78, 5) is 196. The molecule has 4 aliphatic carbocycles. The first-order chi connectivity index (χ1) is 50.9. The molecule has 12 amide bonds. The van der Waals surface area contributed by atoms with Crippen LogP contribution in [0.25, 0.3) is 0 Å². The molecular formula is C79H127F3N12O14. The lowest BCUT2D eigenvalue weighted by atomic mass is 9.58. The normalized spacial score (nSPS) is 32.8. The Hall–Kier alpha value is -6.91. The average molecular weight is 1530 g/mol. The monoisotopic (exact) mass is 1520 g/mol. The Kier molecular flexibility index (Phi) is 30.0. The molecule has 0 aromatic carbocycles. The molecule has 3 N–H and O–H groups in total. The minimum absolute atomic E-state index is 0.00155. The Morgan fingerprint density at radius 2 is 1.33 bits per heavy atom. The van der Waals surface area contributed by atoms with Crippen LogP contribution >= 0.6 is 0 Å².